The summed E-state index contributed by atoms with van der Waals surface area (Å²) in [6, 6.07) is 21.1. The SMILES string of the molecule is CN(C)S(=O)(=O)c1ccc(NC(=O)COc2ccc(-c3ccccc3)cc2Cl)cc1. The van der Waals surface area contributed by atoms with Crippen LogP contribution in [0.5, 0.6) is 5.75 Å². The van der Waals surface area contributed by atoms with Gasteiger partial charge in [-0.05, 0) is 47.5 Å². The van der Waals surface area contributed by atoms with Gasteiger partial charge in [0, 0.05) is 19.8 Å². The second-order valence-electron chi connectivity index (χ2n) is 6.66. The number of nitrogens with one attached hydrogen (secondary N) is 1. The zero-order valence-electron chi connectivity index (χ0n) is 16.5. The highest BCUT2D eigenvalue weighted by Gasteiger charge is 2.17. The van der Waals surface area contributed by atoms with Gasteiger partial charge in [-0.3, -0.25) is 4.79 Å². The summed E-state index contributed by atoms with van der Waals surface area (Å²) in [5, 5.41) is 3.07. The van der Waals surface area contributed by atoms with Crippen LogP contribution in [0.1, 0.15) is 0 Å². The van der Waals surface area contributed by atoms with Crippen LogP contribution < -0.4 is 10.1 Å². The Morgan fingerprint density at radius 2 is 1.63 bits per heavy atom. The Labute approximate surface area is 181 Å². The van der Waals surface area contributed by atoms with Crippen molar-refractivity contribution in [3.63, 3.8) is 0 Å². The molecule has 8 heteroatoms. The van der Waals surface area contributed by atoms with Crippen LogP contribution in [0, 0.1) is 0 Å². The van der Waals surface area contributed by atoms with Gasteiger partial charge in [-0.25, -0.2) is 12.7 Å². The van der Waals surface area contributed by atoms with Crippen molar-refractivity contribution in [3.05, 3.63) is 77.8 Å². The zero-order chi connectivity index (χ0) is 21.7. The number of nitrogens with zero attached hydrogens (tertiary/aromatic N) is 1. The van der Waals surface area contributed by atoms with Crippen molar-refractivity contribution in [1.82, 2.24) is 4.31 Å². The van der Waals surface area contributed by atoms with Gasteiger partial charge in [0.1, 0.15) is 5.75 Å². The second kappa shape index (κ2) is 9.30. The summed E-state index contributed by atoms with van der Waals surface area (Å²) >= 11 is 6.29. The molecule has 1 N–H and O–H groups in total. The van der Waals surface area contributed by atoms with E-state index >= 15 is 0 Å². The van der Waals surface area contributed by atoms with E-state index in [1.54, 1.807) is 12.1 Å². The molecule has 0 aliphatic heterocycles. The van der Waals surface area contributed by atoms with Crippen LogP contribution in [-0.2, 0) is 14.8 Å². The average Bonchev–Trinajstić information content (AvgIpc) is 2.73. The minimum absolute atomic E-state index is 0.145. The fourth-order valence-electron chi connectivity index (χ4n) is 2.69. The van der Waals surface area contributed by atoms with E-state index in [0.717, 1.165) is 15.4 Å². The molecule has 0 bridgehead atoms. The smallest absolute Gasteiger partial charge is 0.262 e. The molecule has 0 spiro atoms. The van der Waals surface area contributed by atoms with E-state index in [1.807, 2.05) is 36.4 Å². The molecule has 0 heterocycles. The van der Waals surface area contributed by atoms with Crippen LogP contribution in [0.15, 0.2) is 77.7 Å². The number of benzene rings is 3. The summed E-state index contributed by atoms with van der Waals surface area (Å²) < 4.78 is 30.8. The molecule has 0 unspecified atom stereocenters. The van der Waals surface area contributed by atoms with Gasteiger partial charge in [0.05, 0.1) is 9.92 Å². The Kier molecular flexibility index (Phi) is 6.77. The predicted octanol–water partition coefficient (Wildman–Crippen LogP) is 4.27. The molecule has 0 aromatic heterocycles. The van der Waals surface area contributed by atoms with Crippen molar-refractivity contribution >= 4 is 33.2 Å². The molecule has 0 saturated heterocycles. The normalized spacial score (nSPS) is 11.3. The first-order valence-corrected chi connectivity index (χ1v) is 10.9. The monoisotopic (exact) mass is 444 g/mol. The summed E-state index contributed by atoms with van der Waals surface area (Å²) in [7, 11) is -0.599. The van der Waals surface area contributed by atoms with Crippen LogP contribution >= 0.6 is 11.6 Å². The van der Waals surface area contributed by atoms with Crippen LogP contribution in [-0.4, -0.2) is 39.3 Å². The van der Waals surface area contributed by atoms with Gasteiger partial charge in [0.15, 0.2) is 6.61 Å². The number of amides is 1. The fraction of sp³-hybridized carbons (Fsp3) is 0.136. The number of halogens is 1. The van der Waals surface area contributed by atoms with Crippen LogP contribution in [0.25, 0.3) is 11.1 Å². The van der Waals surface area contributed by atoms with Gasteiger partial charge in [0.2, 0.25) is 10.0 Å². The molecular formula is C22H21ClN2O4S. The molecule has 6 nitrogen and oxygen atoms in total. The lowest BCUT2D eigenvalue weighted by atomic mass is 10.1. The number of ether oxygens (including phenoxy) is 1. The molecule has 0 fully saturated rings. The lowest BCUT2D eigenvalue weighted by Gasteiger charge is -2.12. The van der Waals surface area contributed by atoms with Gasteiger partial charge < -0.3 is 10.1 Å². The molecule has 3 aromatic rings. The van der Waals surface area contributed by atoms with E-state index in [9.17, 15) is 13.2 Å². The molecule has 0 aliphatic rings. The van der Waals surface area contributed by atoms with E-state index < -0.39 is 10.0 Å². The van der Waals surface area contributed by atoms with Crippen LogP contribution in [0.2, 0.25) is 5.02 Å². The Bertz CT molecular complexity index is 1130. The lowest BCUT2D eigenvalue weighted by molar-refractivity contribution is -0.118. The van der Waals surface area contributed by atoms with Crippen molar-refractivity contribution in [2.45, 2.75) is 4.90 Å². The average molecular weight is 445 g/mol. The quantitative estimate of drug-likeness (QED) is 0.590. The number of hydrogen-bond donors (Lipinski definition) is 1. The fourth-order valence-corrected chi connectivity index (χ4v) is 3.83. The highest BCUT2D eigenvalue weighted by molar-refractivity contribution is 7.89. The molecule has 0 aliphatic carbocycles. The molecule has 1 amide bonds. The van der Waals surface area contributed by atoms with E-state index in [0.29, 0.717) is 16.5 Å². The van der Waals surface area contributed by atoms with E-state index in [-0.39, 0.29) is 17.4 Å². The predicted molar refractivity (Wildman–Crippen MR) is 118 cm³/mol. The Hall–Kier alpha value is -2.87. The zero-order valence-corrected chi connectivity index (χ0v) is 18.1. The number of anilines is 1. The van der Waals surface area contributed by atoms with E-state index in [4.69, 9.17) is 16.3 Å². The molecular weight excluding hydrogens is 424 g/mol. The molecule has 30 heavy (non-hydrogen) atoms. The third kappa shape index (κ3) is 5.18. The van der Waals surface area contributed by atoms with Gasteiger partial charge >= 0.3 is 0 Å². The topological polar surface area (TPSA) is 75.7 Å². The first-order chi connectivity index (χ1) is 14.3. The van der Waals surface area contributed by atoms with Gasteiger partial charge in [-0.2, -0.15) is 0 Å². The molecule has 0 atom stereocenters. The molecule has 156 valence electrons. The highest BCUT2D eigenvalue weighted by atomic mass is 35.5. The summed E-state index contributed by atoms with van der Waals surface area (Å²) in [5.74, 6) is 0.0142. The van der Waals surface area contributed by atoms with Gasteiger partial charge in [-0.15, -0.1) is 0 Å². The number of rotatable bonds is 7. The number of carbonyl (C=O) groups is 1. The number of hydrogen-bond acceptors (Lipinski definition) is 4. The molecule has 0 saturated carbocycles. The summed E-state index contributed by atoms with van der Waals surface area (Å²) in [4.78, 5) is 12.3. The lowest BCUT2D eigenvalue weighted by Crippen LogP contribution is -2.22. The van der Waals surface area contributed by atoms with Gasteiger partial charge in [0.25, 0.3) is 5.91 Å². The first-order valence-electron chi connectivity index (χ1n) is 9.07. The summed E-state index contributed by atoms with van der Waals surface area (Å²) in [5.41, 5.74) is 2.44. The maximum Gasteiger partial charge on any atom is 0.262 e. The molecule has 3 rings (SSSR count). The maximum absolute atomic E-state index is 12.2. The van der Waals surface area contributed by atoms with Crippen molar-refractivity contribution in [2.24, 2.45) is 0 Å². The third-order valence-corrected chi connectivity index (χ3v) is 6.44. The minimum Gasteiger partial charge on any atom is -0.482 e. The summed E-state index contributed by atoms with van der Waals surface area (Å²) in [6.07, 6.45) is 0. The summed E-state index contributed by atoms with van der Waals surface area (Å²) in [6.45, 7) is -0.234. The Morgan fingerprint density at radius 1 is 0.967 bits per heavy atom. The molecule has 3 aromatic carbocycles. The van der Waals surface area contributed by atoms with E-state index in [1.165, 1.54) is 38.4 Å². The van der Waals surface area contributed by atoms with Crippen molar-refractivity contribution in [2.75, 3.05) is 26.0 Å². The van der Waals surface area contributed by atoms with Gasteiger partial charge in [-0.1, -0.05) is 48.0 Å². The van der Waals surface area contributed by atoms with Crippen LogP contribution in [0.3, 0.4) is 0 Å². The van der Waals surface area contributed by atoms with Crippen molar-refractivity contribution in [3.8, 4) is 16.9 Å². The largest absolute Gasteiger partial charge is 0.482 e. The highest BCUT2D eigenvalue weighted by Crippen LogP contribution is 2.30. The number of carbonyl (C=O) groups excluding carboxylic acids is 1. The van der Waals surface area contributed by atoms with Crippen LogP contribution in [0.4, 0.5) is 5.69 Å². The van der Waals surface area contributed by atoms with E-state index in [2.05, 4.69) is 5.32 Å². The van der Waals surface area contributed by atoms with Crippen molar-refractivity contribution < 1.29 is 17.9 Å². The van der Waals surface area contributed by atoms with Crippen molar-refractivity contribution in [1.29, 1.82) is 0 Å². The minimum atomic E-state index is -3.52. The Morgan fingerprint density at radius 3 is 2.23 bits per heavy atom. The number of sulfonamides is 1. The first kappa shape index (κ1) is 21.8. The Balaban J connectivity index is 1.60. The molecule has 0 radical (unpaired) electrons. The second-order valence-corrected chi connectivity index (χ2v) is 9.22. The third-order valence-electron chi connectivity index (χ3n) is 4.31. The standard InChI is InChI=1S/C22H21ClN2O4S/c1-25(2)30(27,28)19-11-9-18(10-12-19)24-22(26)15-29-21-13-8-17(14-20(21)23)16-6-4-3-5-7-16/h3-14H,15H2,1-2H3,(H,24,26). The maximum atomic E-state index is 12.2.